The Morgan fingerprint density at radius 3 is 2.62 bits per heavy atom. The molecule has 0 aromatic carbocycles. The molecular formula is C16H20ClN5O2. The van der Waals surface area contributed by atoms with Crippen LogP contribution < -0.4 is 5.32 Å². The average Bonchev–Trinajstić information content (AvgIpc) is 3.21. The van der Waals surface area contributed by atoms with Gasteiger partial charge >= 0.3 is 0 Å². The smallest absolute Gasteiger partial charge is 0.244 e. The van der Waals surface area contributed by atoms with Crippen molar-refractivity contribution >= 4 is 23.6 Å². The summed E-state index contributed by atoms with van der Waals surface area (Å²) in [4.78, 5) is 16.7. The number of halogens is 1. The summed E-state index contributed by atoms with van der Waals surface area (Å²) in [6.07, 6.45) is 6.81. The number of nitrogens with zero attached hydrogens (tertiary/aromatic N) is 4. The minimum absolute atomic E-state index is 0.210. The van der Waals surface area contributed by atoms with Crippen molar-refractivity contribution in [3.63, 3.8) is 0 Å². The summed E-state index contributed by atoms with van der Waals surface area (Å²) in [6.45, 7) is 3.60. The fourth-order valence-corrected chi connectivity index (χ4v) is 3.39. The number of carbonyl (C=O) groups excluding carboxylic acids is 1. The first-order valence-corrected chi connectivity index (χ1v) is 8.29. The molecule has 0 spiro atoms. The van der Waals surface area contributed by atoms with Gasteiger partial charge in [-0.1, -0.05) is 29.6 Å². The molecule has 8 heteroatoms. The molecule has 2 heterocycles. The summed E-state index contributed by atoms with van der Waals surface area (Å²) in [6, 6.07) is 0. The van der Waals surface area contributed by atoms with Crippen LogP contribution in [0, 0.1) is 13.8 Å². The van der Waals surface area contributed by atoms with E-state index in [1.807, 2.05) is 6.92 Å². The molecule has 0 saturated heterocycles. The number of aryl methyl sites for hydroxylation is 3. The van der Waals surface area contributed by atoms with Gasteiger partial charge in [-0.2, -0.15) is 10.1 Å². The van der Waals surface area contributed by atoms with E-state index in [0.29, 0.717) is 16.9 Å². The lowest BCUT2D eigenvalue weighted by Gasteiger charge is -2.25. The summed E-state index contributed by atoms with van der Waals surface area (Å²) < 4.78 is 6.67. The van der Waals surface area contributed by atoms with Crippen molar-refractivity contribution < 1.29 is 9.32 Å². The first-order chi connectivity index (χ1) is 11.4. The molecule has 1 aliphatic rings. The predicted octanol–water partition coefficient (Wildman–Crippen LogP) is 2.67. The molecule has 7 nitrogen and oxygen atoms in total. The lowest BCUT2D eigenvalue weighted by molar-refractivity contribution is -0.118. The maximum Gasteiger partial charge on any atom is 0.244 e. The first kappa shape index (κ1) is 16.7. The molecule has 24 heavy (non-hydrogen) atoms. The lowest BCUT2D eigenvalue weighted by atomic mass is 9.96. The fraction of sp³-hybridized carbons (Fsp3) is 0.500. The van der Waals surface area contributed by atoms with Crippen LogP contribution in [0.25, 0.3) is 6.08 Å². The summed E-state index contributed by atoms with van der Waals surface area (Å²) >= 11 is 6.18. The number of rotatable bonds is 4. The molecule has 2 aromatic rings. The normalized spacial score (nSPS) is 16.8. The summed E-state index contributed by atoms with van der Waals surface area (Å²) in [5.74, 6) is 0.840. The molecule has 1 fully saturated rings. The van der Waals surface area contributed by atoms with Crippen LogP contribution in [0.15, 0.2) is 10.6 Å². The van der Waals surface area contributed by atoms with E-state index in [-0.39, 0.29) is 5.91 Å². The van der Waals surface area contributed by atoms with E-state index in [4.69, 9.17) is 16.1 Å². The van der Waals surface area contributed by atoms with Gasteiger partial charge in [0.15, 0.2) is 5.82 Å². The summed E-state index contributed by atoms with van der Waals surface area (Å²) in [5.41, 5.74) is 0.966. The Hall–Kier alpha value is -2.15. The number of amides is 1. The Morgan fingerprint density at radius 1 is 1.38 bits per heavy atom. The van der Waals surface area contributed by atoms with E-state index in [2.05, 4.69) is 20.6 Å². The topological polar surface area (TPSA) is 85.8 Å². The van der Waals surface area contributed by atoms with E-state index in [0.717, 1.165) is 36.9 Å². The van der Waals surface area contributed by atoms with Gasteiger partial charge in [0.1, 0.15) is 10.7 Å². The molecule has 128 valence electrons. The van der Waals surface area contributed by atoms with Crippen LogP contribution in [0.1, 0.15) is 48.7 Å². The molecule has 0 radical (unpaired) electrons. The largest absolute Gasteiger partial charge is 0.340 e. The average molecular weight is 350 g/mol. The summed E-state index contributed by atoms with van der Waals surface area (Å²) in [5, 5.41) is 11.8. The monoisotopic (exact) mass is 349 g/mol. The minimum Gasteiger partial charge on any atom is -0.340 e. The molecular weight excluding hydrogens is 330 g/mol. The van der Waals surface area contributed by atoms with Gasteiger partial charge in [-0.3, -0.25) is 9.48 Å². The highest BCUT2D eigenvalue weighted by molar-refractivity contribution is 6.31. The van der Waals surface area contributed by atoms with Gasteiger partial charge in [0.05, 0.1) is 5.69 Å². The van der Waals surface area contributed by atoms with Crippen LogP contribution in [0.4, 0.5) is 0 Å². The second-order valence-electron chi connectivity index (χ2n) is 6.16. The van der Waals surface area contributed by atoms with E-state index in [1.54, 1.807) is 24.7 Å². The highest BCUT2D eigenvalue weighted by atomic mass is 35.5. The van der Waals surface area contributed by atoms with Crippen molar-refractivity contribution in [3.05, 3.63) is 34.2 Å². The third-order valence-electron chi connectivity index (χ3n) is 4.37. The van der Waals surface area contributed by atoms with Gasteiger partial charge in [-0.15, -0.1) is 0 Å². The van der Waals surface area contributed by atoms with E-state index in [9.17, 15) is 4.79 Å². The number of aromatic nitrogens is 4. The fourth-order valence-electron chi connectivity index (χ4n) is 3.15. The Kier molecular flexibility index (Phi) is 4.45. The van der Waals surface area contributed by atoms with Crippen LogP contribution in [-0.4, -0.2) is 25.8 Å². The lowest BCUT2D eigenvalue weighted by Crippen LogP contribution is -2.44. The van der Waals surface area contributed by atoms with Gasteiger partial charge in [-0.05, 0) is 25.8 Å². The minimum atomic E-state index is -0.549. The van der Waals surface area contributed by atoms with Crippen molar-refractivity contribution in [2.24, 2.45) is 7.05 Å². The van der Waals surface area contributed by atoms with Gasteiger partial charge in [0.25, 0.3) is 0 Å². The zero-order chi connectivity index (χ0) is 17.3. The van der Waals surface area contributed by atoms with Crippen molar-refractivity contribution in [1.29, 1.82) is 0 Å². The first-order valence-electron chi connectivity index (χ1n) is 7.91. The molecule has 0 aliphatic heterocycles. The molecule has 0 atom stereocenters. The molecule has 1 amide bonds. The summed E-state index contributed by atoms with van der Waals surface area (Å²) in [7, 11) is 1.76. The Bertz CT molecular complexity index is 786. The highest BCUT2D eigenvalue weighted by Crippen LogP contribution is 2.37. The van der Waals surface area contributed by atoms with Crippen LogP contribution in [-0.2, 0) is 17.4 Å². The third kappa shape index (κ3) is 3.08. The third-order valence-corrected chi connectivity index (χ3v) is 4.82. The van der Waals surface area contributed by atoms with Gasteiger partial charge in [-0.25, -0.2) is 0 Å². The standard InChI is InChI=1S/C16H20ClN5O2/c1-10-12(14(17)22(3)20-10)6-7-13(23)19-16(8-4-5-9-16)15-18-11(2)24-21-15/h6-7H,4-5,8-9H2,1-3H3,(H,19,23)/b7-6+. The predicted molar refractivity (Wildman–Crippen MR) is 89.3 cm³/mol. The SMILES string of the molecule is Cc1nc(C2(NC(=O)/C=C/c3c(C)nn(C)c3Cl)CCCC2)no1. The zero-order valence-corrected chi connectivity index (χ0v) is 14.7. The van der Waals surface area contributed by atoms with Crippen molar-refractivity contribution in [3.8, 4) is 0 Å². The molecule has 1 saturated carbocycles. The number of carbonyl (C=O) groups is 1. The second kappa shape index (κ2) is 6.39. The van der Waals surface area contributed by atoms with Crippen LogP contribution in [0.5, 0.6) is 0 Å². The number of hydrogen-bond donors (Lipinski definition) is 1. The quantitative estimate of drug-likeness (QED) is 0.857. The Labute approximate surface area is 145 Å². The van der Waals surface area contributed by atoms with E-state index >= 15 is 0 Å². The molecule has 1 aliphatic carbocycles. The van der Waals surface area contributed by atoms with Crippen LogP contribution in [0.3, 0.4) is 0 Å². The van der Waals surface area contributed by atoms with Crippen molar-refractivity contribution in [1.82, 2.24) is 25.2 Å². The van der Waals surface area contributed by atoms with Crippen molar-refractivity contribution in [2.45, 2.75) is 45.1 Å². The maximum atomic E-state index is 12.4. The molecule has 2 aromatic heterocycles. The van der Waals surface area contributed by atoms with Gasteiger partial charge in [0, 0.05) is 25.6 Å². The zero-order valence-electron chi connectivity index (χ0n) is 14.0. The van der Waals surface area contributed by atoms with E-state index < -0.39 is 5.54 Å². The number of hydrogen-bond acceptors (Lipinski definition) is 5. The van der Waals surface area contributed by atoms with Crippen molar-refractivity contribution in [2.75, 3.05) is 0 Å². The van der Waals surface area contributed by atoms with E-state index in [1.165, 1.54) is 6.08 Å². The molecule has 1 N–H and O–H groups in total. The number of nitrogens with one attached hydrogen (secondary N) is 1. The van der Waals surface area contributed by atoms with Gasteiger partial charge in [0.2, 0.25) is 11.8 Å². The molecule has 3 rings (SSSR count). The Balaban J connectivity index is 1.78. The molecule has 0 bridgehead atoms. The van der Waals surface area contributed by atoms with Crippen LogP contribution >= 0.6 is 11.6 Å². The molecule has 0 unspecified atom stereocenters. The van der Waals surface area contributed by atoms with Crippen LogP contribution in [0.2, 0.25) is 5.15 Å². The Morgan fingerprint density at radius 2 is 2.08 bits per heavy atom. The highest BCUT2D eigenvalue weighted by Gasteiger charge is 2.40. The maximum absolute atomic E-state index is 12.4. The second-order valence-corrected chi connectivity index (χ2v) is 6.52. The van der Waals surface area contributed by atoms with Gasteiger partial charge < -0.3 is 9.84 Å².